The molecule has 1 atom stereocenters. The molecule has 2 rings (SSSR count). The highest BCUT2D eigenvalue weighted by molar-refractivity contribution is 14.0. The van der Waals surface area contributed by atoms with Gasteiger partial charge in [0.15, 0.2) is 5.96 Å². The quantitative estimate of drug-likeness (QED) is 0.392. The first-order chi connectivity index (χ1) is 11.2. The van der Waals surface area contributed by atoms with Crippen molar-refractivity contribution in [3.8, 4) is 5.75 Å². The van der Waals surface area contributed by atoms with Crippen molar-refractivity contribution < 1.29 is 17.9 Å². The molecular weight excluding hydrogens is 448 g/mol. The van der Waals surface area contributed by atoms with Crippen molar-refractivity contribution >= 4 is 35.6 Å². The molecule has 1 saturated heterocycles. The highest BCUT2D eigenvalue weighted by atomic mass is 127. The van der Waals surface area contributed by atoms with Gasteiger partial charge in [-0.1, -0.05) is 0 Å². The third-order valence-electron chi connectivity index (χ3n) is 3.47. The number of nitrogens with one attached hydrogen (secondary N) is 1. The Bertz CT molecular complexity index is 563. The smallest absolute Gasteiger partial charge is 0.401 e. The van der Waals surface area contributed by atoms with Crippen LogP contribution in [0.1, 0.15) is 20.3 Å². The number of ether oxygens (including phenoxy) is 1. The average Bonchev–Trinajstić information content (AvgIpc) is 2.85. The van der Waals surface area contributed by atoms with Crippen molar-refractivity contribution in [1.82, 2.24) is 4.90 Å². The third kappa shape index (κ3) is 8.13. The van der Waals surface area contributed by atoms with Crippen molar-refractivity contribution in [2.24, 2.45) is 10.7 Å². The van der Waals surface area contributed by atoms with Crippen LogP contribution in [0.2, 0.25) is 0 Å². The van der Waals surface area contributed by atoms with Crippen LogP contribution >= 0.6 is 24.0 Å². The molecule has 1 aliphatic heterocycles. The summed E-state index contributed by atoms with van der Waals surface area (Å²) < 4.78 is 42.7. The third-order valence-corrected chi connectivity index (χ3v) is 3.47. The predicted molar refractivity (Wildman–Crippen MR) is 104 cm³/mol. The maximum atomic E-state index is 12.4. The summed E-state index contributed by atoms with van der Waals surface area (Å²) in [5.41, 5.74) is 6.59. The zero-order valence-electron chi connectivity index (χ0n) is 14.2. The average molecular weight is 472 g/mol. The Morgan fingerprint density at radius 3 is 2.56 bits per heavy atom. The molecule has 0 radical (unpaired) electrons. The van der Waals surface area contributed by atoms with E-state index in [-0.39, 0.29) is 48.6 Å². The Morgan fingerprint density at radius 1 is 1.36 bits per heavy atom. The van der Waals surface area contributed by atoms with Crippen molar-refractivity contribution in [2.45, 2.75) is 38.6 Å². The lowest BCUT2D eigenvalue weighted by Crippen LogP contribution is -2.33. The lowest BCUT2D eigenvalue weighted by atomic mass is 10.3. The number of nitrogens with zero attached hydrogens (tertiary/aromatic N) is 2. The number of guanidine groups is 1. The zero-order chi connectivity index (χ0) is 17.7. The number of hydrogen-bond acceptors (Lipinski definition) is 3. The van der Waals surface area contributed by atoms with Gasteiger partial charge in [0.25, 0.3) is 0 Å². The van der Waals surface area contributed by atoms with Gasteiger partial charge in [0.2, 0.25) is 0 Å². The summed E-state index contributed by atoms with van der Waals surface area (Å²) >= 11 is 0. The molecule has 0 spiro atoms. The fourth-order valence-electron chi connectivity index (χ4n) is 2.58. The van der Waals surface area contributed by atoms with E-state index in [0.29, 0.717) is 13.0 Å². The normalized spacial score (nSPS) is 19.0. The van der Waals surface area contributed by atoms with E-state index in [1.165, 1.54) is 4.90 Å². The molecule has 0 saturated carbocycles. The van der Waals surface area contributed by atoms with Gasteiger partial charge >= 0.3 is 6.18 Å². The number of alkyl halides is 3. The maximum Gasteiger partial charge on any atom is 0.401 e. The van der Waals surface area contributed by atoms with E-state index in [9.17, 15) is 13.2 Å². The van der Waals surface area contributed by atoms with Crippen LogP contribution < -0.4 is 15.8 Å². The Hall–Kier alpha value is -1.23. The van der Waals surface area contributed by atoms with Gasteiger partial charge in [-0.2, -0.15) is 13.2 Å². The molecule has 1 aliphatic rings. The molecule has 1 aromatic carbocycles. The van der Waals surface area contributed by atoms with E-state index in [1.807, 2.05) is 38.1 Å². The van der Waals surface area contributed by atoms with E-state index in [4.69, 9.17) is 10.5 Å². The molecule has 142 valence electrons. The van der Waals surface area contributed by atoms with Crippen molar-refractivity contribution in [3.05, 3.63) is 24.3 Å². The lowest BCUT2D eigenvalue weighted by Gasteiger charge is -2.17. The fraction of sp³-hybridized carbons (Fsp3) is 0.562. The Balaban J connectivity index is 0.00000312. The molecule has 3 N–H and O–H groups in total. The molecule has 0 aromatic heterocycles. The second kappa shape index (κ2) is 9.46. The van der Waals surface area contributed by atoms with Crippen molar-refractivity contribution in [2.75, 3.05) is 25.0 Å². The Morgan fingerprint density at radius 2 is 2.00 bits per heavy atom. The molecule has 9 heteroatoms. The fourth-order valence-corrected chi connectivity index (χ4v) is 2.58. The van der Waals surface area contributed by atoms with Crippen LogP contribution in [0.5, 0.6) is 5.75 Å². The number of hydrogen-bond donors (Lipinski definition) is 2. The molecule has 1 unspecified atom stereocenters. The van der Waals surface area contributed by atoms with Crippen molar-refractivity contribution in [3.63, 3.8) is 0 Å². The predicted octanol–water partition coefficient (Wildman–Crippen LogP) is 3.46. The minimum atomic E-state index is -4.18. The first-order valence-corrected chi connectivity index (χ1v) is 7.87. The van der Waals surface area contributed by atoms with E-state index in [2.05, 4.69) is 10.3 Å². The molecule has 1 aromatic rings. The molecule has 1 heterocycles. The lowest BCUT2D eigenvalue weighted by molar-refractivity contribution is -0.143. The highest BCUT2D eigenvalue weighted by Crippen LogP contribution is 2.21. The Labute approximate surface area is 162 Å². The molecule has 0 amide bonds. The number of rotatable bonds is 5. The van der Waals surface area contributed by atoms with E-state index in [1.54, 1.807) is 0 Å². The SMILES string of the molecule is CC(C)Oc1ccc(NC(N)=NC2CCN(CC(F)(F)F)C2)cc1.I. The van der Waals surface area contributed by atoms with Gasteiger partial charge in [0.1, 0.15) is 5.75 Å². The first kappa shape index (κ1) is 21.8. The summed E-state index contributed by atoms with van der Waals surface area (Å²) in [5, 5.41) is 2.94. The molecule has 25 heavy (non-hydrogen) atoms. The number of halogens is 4. The summed E-state index contributed by atoms with van der Waals surface area (Å²) in [7, 11) is 0. The number of aliphatic imine (C=N–C) groups is 1. The van der Waals surface area contributed by atoms with Gasteiger partial charge in [0.05, 0.1) is 18.7 Å². The molecular formula is C16H24F3IN4O. The van der Waals surface area contributed by atoms with Crippen LogP contribution in [0.25, 0.3) is 0 Å². The van der Waals surface area contributed by atoms with Crippen LogP contribution in [0.3, 0.4) is 0 Å². The van der Waals surface area contributed by atoms with Gasteiger partial charge in [-0.25, -0.2) is 4.99 Å². The summed E-state index contributed by atoms with van der Waals surface area (Å²) in [6.45, 7) is 3.63. The number of nitrogens with two attached hydrogens (primary N) is 1. The van der Waals surface area contributed by atoms with E-state index >= 15 is 0 Å². The molecule has 5 nitrogen and oxygen atoms in total. The van der Waals surface area contributed by atoms with Crippen LogP contribution in [-0.4, -0.2) is 48.8 Å². The van der Waals surface area contributed by atoms with Crippen LogP contribution in [-0.2, 0) is 0 Å². The highest BCUT2D eigenvalue weighted by Gasteiger charge is 2.34. The van der Waals surface area contributed by atoms with Crippen molar-refractivity contribution in [1.29, 1.82) is 0 Å². The zero-order valence-corrected chi connectivity index (χ0v) is 16.5. The van der Waals surface area contributed by atoms with E-state index < -0.39 is 12.7 Å². The number of benzene rings is 1. The first-order valence-electron chi connectivity index (χ1n) is 7.87. The van der Waals surface area contributed by atoms with Gasteiger partial charge < -0.3 is 15.8 Å². The molecule has 0 aliphatic carbocycles. The van der Waals surface area contributed by atoms with Gasteiger partial charge in [0, 0.05) is 18.8 Å². The summed E-state index contributed by atoms with van der Waals surface area (Å²) in [6, 6.07) is 7.03. The monoisotopic (exact) mass is 472 g/mol. The molecule has 1 fully saturated rings. The van der Waals surface area contributed by atoms with Crippen LogP contribution in [0, 0.1) is 0 Å². The van der Waals surface area contributed by atoms with Gasteiger partial charge in [-0.05, 0) is 44.5 Å². The van der Waals surface area contributed by atoms with Gasteiger partial charge in [-0.3, -0.25) is 4.90 Å². The number of anilines is 1. The topological polar surface area (TPSA) is 62.9 Å². The largest absolute Gasteiger partial charge is 0.491 e. The van der Waals surface area contributed by atoms with Crippen LogP contribution in [0.15, 0.2) is 29.3 Å². The summed E-state index contributed by atoms with van der Waals surface area (Å²) in [5.74, 6) is 0.955. The summed E-state index contributed by atoms with van der Waals surface area (Å²) in [4.78, 5) is 5.61. The molecule has 0 bridgehead atoms. The van der Waals surface area contributed by atoms with Crippen LogP contribution in [0.4, 0.5) is 18.9 Å². The summed E-state index contributed by atoms with van der Waals surface area (Å²) in [6.07, 6.45) is -3.51. The number of likely N-dealkylation sites (tertiary alicyclic amines) is 1. The van der Waals surface area contributed by atoms with E-state index in [0.717, 1.165) is 11.4 Å². The van der Waals surface area contributed by atoms with Gasteiger partial charge in [-0.15, -0.1) is 24.0 Å². The second-order valence-electron chi connectivity index (χ2n) is 6.12. The second-order valence-corrected chi connectivity index (χ2v) is 6.12. The minimum Gasteiger partial charge on any atom is -0.491 e. The minimum absolute atomic E-state index is 0. The Kier molecular flexibility index (Phi) is 8.26. The standard InChI is InChI=1S/C16H23F3N4O.HI/c1-11(2)24-14-5-3-12(4-6-14)21-15(20)22-13-7-8-23(9-13)10-16(17,18)19;/h3-6,11,13H,7-10H2,1-2H3,(H3,20,21,22);1H. The maximum absolute atomic E-state index is 12.4.